The lowest BCUT2D eigenvalue weighted by atomic mass is 10.2. The number of rotatable bonds is 5. The molecule has 0 bridgehead atoms. The van der Waals surface area contributed by atoms with Crippen molar-refractivity contribution in [1.29, 1.82) is 0 Å². The fraction of sp³-hybridized carbons (Fsp3) is 0.167. The van der Waals surface area contributed by atoms with Crippen LogP contribution < -0.4 is 10.6 Å². The Bertz CT molecular complexity index is 842. The van der Waals surface area contributed by atoms with Crippen molar-refractivity contribution in [2.75, 3.05) is 19.0 Å². The fourth-order valence-corrected chi connectivity index (χ4v) is 2.42. The molecule has 1 heterocycles. The predicted octanol–water partition coefficient (Wildman–Crippen LogP) is 4.22. The van der Waals surface area contributed by atoms with E-state index in [2.05, 4.69) is 10.6 Å². The van der Waals surface area contributed by atoms with Gasteiger partial charge in [-0.15, -0.1) is 0 Å². The molecule has 1 atom stereocenters. The lowest BCUT2D eigenvalue weighted by molar-refractivity contribution is 0.0870. The number of halogens is 2. The molecule has 0 aliphatic carbocycles. The Morgan fingerprint density at radius 1 is 1.16 bits per heavy atom. The number of fused-ring (bicyclic) bond motifs is 1. The number of furan rings is 1. The summed E-state index contributed by atoms with van der Waals surface area (Å²) in [5.74, 6) is -1.16. The SMILES string of the molecule is CO[C@@H](CNC(=O)Nc1c(F)cccc1F)c1cc2ccccc2o1. The summed E-state index contributed by atoms with van der Waals surface area (Å²) in [6, 6.07) is 11.9. The number of ether oxygens (including phenoxy) is 1. The van der Waals surface area contributed by atoms with Gasteiger partial charge in [0.05, 0.1) is 6.54 Å². The molecular weight excluding hydrogens is 330 g/mol. The van der Waals surface area contributed by atoms with Gasteiger partial charge in [0.25, 0.3) is 0 Å². The Kier molecular flexibility index (Phi) is 4.95. The molecule has 0 aliphatic rings. The topological polar surface area (TPSA) is 63.5 Å². The molecule has 25 heavy (non-hydrogen) atoms. The molecule has 0 fully saturated rings. The van der Waals surface area contributed by atoms with E-state index in [-0.39, 0.29) is 6.54 Å². The van der Waals surface area contributed by atoms with Gasteiger partial charge in [0.1, 0.15) is 34.8 Å². The predicted molar refractivity (Wildman–Crippen MR) is 89.3 cm³/mol. The first kappa shape index (κ1) is 16.9. The summed E-state index contributed by atoms with van der Waals surface area (Å²) in [4.78, 5) is 11.9. The first-order valence-electron chi connectivity index (χ1n) is 7.58. The van der Waals surface area contributed by atoms with Crippen molar-refractivity contribution in [3.8, 4) is 0 Å². The van der Waals surface area contributed by atoms with Crippen LogP contribution in [0.3, 0.4) is 0 Å². The minimum absolute atomic E-state index is 0.0677. The maximum atomic E-state index is 13.5. The van der Waals surface area contributed by atoms with Crippen molar-refractivity contribution in [3.05, 3.63) is 65.9 Å². The second-order valence-corrected chi connectivity index (χ2v) is 5.34. The van der Waals surface area contributed by atoms with E-state index in [0.29, 0.717) is 11.3 Å². The minimum atomic E-state index is -0.851. The molecule has 130 valence electrons. The van der Waals surface area contributed by atoms with Gasteiger partial charge in [-0.1, -0.05) is 24.3 Å². The van der Waals surface area contributed by atoms with Crippen LogP contribution in [0, 0.1) is 11.6 Å². The highest BCUT2D eigenvalue weighted by atomic mass is 19.1. The van der Waals surface area contributed by atoms with Crippen molar-refractivity contribution >= 4 is 22.7 Å². The molecule has 3 aromatic rings. The summed E-state index contributed by atoms with van der Waals surface area (Å²) in [7, 11) is 1.48. The fourth-order valence-electron chi connectivity index (χ4n) is 2.42. The molecule has 0 aliphatic heterocycles. The number of para-hydroxylation sites is 2. The van der Waals surface area contributed by atoms with E-state index in [1.807, 2.05) is 30.3 Å². The third-order valence-electron chi connectivity index (χ3n) is 3.70. The van der Waals surface area contributed by atoms with Crippen LogP contribution in [0.15, 0.2) is 52.9 Å². The van der Waals surface area contributed by atoms with Crippen LogP contribution in [0.4, 0.5) is 19.3 Å². The third kappa shape index (κ3) is 3.77. The molecule has 2 N–H and O–H groups in total. The zero-order valence-electron chi connectivity index (χ0n) is 13.4. The quantitative estimate of drug-likeness (QED) is 0.727. The van der Waals surface area contributed by atoms with Gasteiger partial charge >= 0.3 is 6.03 Å². The van der Waals surface area contributed by atoms with Gasteiger partial charge in [-0.2, -0.15) is 0 Å². The Morgan fingerprint density at radius 3 is 2.56 bits per heavy atom. The molecule has 7 heteroatoms. The van der Waals surface area contributed by atoms with Crippen LogP contribution in [-0.2, 0) is 4.74 Å². The van der Waals surface area contributed by atoms with Crippen molar-refractivity contribution < 1.29 is 22.7 Å². The Morgan fingerprint density at radius 2 is 1.88 bits per heavy atom. The number of benzene rings is 2. The molecular formula is C18H16F2N2O3. The van der Waals surface area contributed by atoms with Crippen LogP contribution in [0.25, 0.3) is 11.0 Å². The second kappa shape index (κ2) is 7.31. The van der Waals surface area contributed by atoms with Gasteiger partial charge in [-0.25, -0.2) is 13.6 Å². The zero-order valence-corrected chi connectivity index (χ0v) is 13.4. The van der Waals surface area contributed by atoms with Gasteiger partial charge in [-0.3, -0.25) is 0 Å². The largest absolute Gasteiger partial charge is 0.458 e. The molecule has 5 nitrogen and oxygen atoms in total. The van der Waals surface area contributed by atoms with E-state index in [1.54, 1.807) is 0 Å². The molecule has 0 unspecified atom stereocenters. The summed E-state index contributed by atoms with van der Waals surface area (Å²) in [5, 5.41) is 5.58. The summed E-state index contributed by atoms with van der Waals surface area (Å²) < 4.78 is 38.1. The standard InChI is InChI=1S/C18H16F2N2O3/c1-24-16(15-9-11-5-2-3-8-14(11)25-15)10-21-18(23)22-17-12(19)6-4-7-13(17)20/h2-9,16H,10H2,1H3,(H2,21,22,23)/t16-/m0/s1. The summed E-state index contributed by atoms with van der Waals surface area (Å²) in [5.41, 5.74) is 0.204. The lowest BCUT2D eigenvalue weighted by Gasteiger charge is -2.14. The van der Waals surface area contributed by atoms with Gasteiger partial charge in [0, 0.05) is 12.5 Å². The average molecular weight is 346 g/mol. The summed E-state index contributed by atoms with van der Waals surface area (Å²) in [6.07, 6.45) is -0.538. The van der Waals surface area contributed by atoms with Crippen molar-refractivity contribution in [3.63, 3.8) is 0 Å². The monoisotopic (exact) mass is 346 g/mol. The molecule has 0 saturated carbocycles. The van der Waals surface area contributed by atoms with E-state index in [4.69, 9.17) is 9.15 Å². The molecule has 0 radical (unpaired) electrons. The van der Waals surface area contributed by atoms with Crippen LogP contribution in [-0.4, -0.2) is 19.7 Å². The second-order valence-electron chi connectivity index (χ2n) is 5.34. The summed E-state index contributed by atoms with van der Waals surface area (Å²) >= 11 is 0. The van der Waals surface area contributed by atoms with Crippen LogP contribution in [0.5, 0.6) is 0 Å². The molecule has 0 saturated heterocycles. The first-order chi connectivity index (χ1) is 12.1. The van der Waals surface area contributed by atoms with E-state index >= 15 is 0 Å². The van der Waals surface area contributed by atoms with Crippen LogP contribution in [0.2, 0.25) is 0 Å². The van der Waals surface area contributed by atoms with Gasteiger partial charge in [-0.05, 0) is 24.3 Å². The molecule has 3 rings (SSSR count). The number of hydrogen-bond acceptors (Lipinski definition) is 3. The zero-order chi connectivity index (χ0) is 17.8. The van der Waals surface area contributed by atoms with E-state index in [9.17, 15) is 13.6 Å². The number of carbonyl (C=O) groups excluding carboxylic acids is 1. The van der Waals surface area contributed by atoms with Gasteiger partial charge in [0.15, 0.2) is 0 Å². The first-order valence-corrected chi connectivity index (χ1v) is 7.58. The highest BCUT2D eigenvalue weighted by Crippen LogP contribution is 2.25. The average Bonchev–Trinajstić information content (AvgIpc) is 3.02. The van der Waals surface area contributed by atoms with E-state index in [0.717, 1.165) is 17.5 Å². The molecule has 0 spiro atoms. The van der Waals surface area contributed by atoms with Crippen molar-refractivity contribution in [1.82, 2.24) is 5.32 Å². The number of amides is 2. The number of hydrogen-bond donors (Lipinski definition) is 2. The number of methoxy groups -OCH3 is 1. The molecule has 1 aromatic heterocycles. The smallest absolute Gasteiger partial charge is 0.319 e. The minimum Gasteiger partial charge on any atom is -0.458 e. The third-order valence-corrected chi connectivity index (χ3v) is 3.70. The van der Waals surface area contributed by atoms with Crippen molar-refractivity contribution in [2.45, 2.75) is 6.10 Å². The molecule has 2 amide bonds. The number of anilines is 1. The maximum Gasteiger partial charge on any atom is 0.319 e. The number of nitrogens with one attached hydrogen (secondary N) is 2. The van der Waals surface area contributed by atoms with Crippen LogP contribution >= 0.6 is 0 Å². The highest BCUT2D eigenvalue weighted by molar-refractivity contribution is 5.89. The molecule has 2 aromatic carbocycles. The van der Waals surface area contributed by atoms with Gasteiger partial charge < -0.3 is 19.8 Å². The lowest BCUT2D eigenvalue weighted by Crippen LogP contribution is -2.33. The maximum absolute atomic E-state index is 13.5. The number of carbonyl (C=O) groups is 1. The Balaban J connectivity index is 1.65. The van der Waals surface area contributed by atoms with E-state index < -0.39 is 29.5 Å². The Labute approximate surface area is 142 Å². The van der Waals surface area contributed by atoms with Crippen LogP contribution in [0.1, 0.15) is 11.9 Å². The Hall–Kier alpha value is -2.93. The number of urea groups is 1. The normalized spacial score (nSPS) is 12.1. The van der Waals surface area contributed by atoms with Gasteiger partial charge in [0.2, 0.25) is 0 Å². The van der Waals surface area contributed by atoms with E-state index in [1.165, 1.54) is 13.2 Å². The van der Waals surface area contributed by atoms with Crippen molar-refractivity contribution in [2.24, 2.45) is 0 Å². The highest BCUT2D eigenvalue weighted by Gasteiger charge is 2.18. The summed E-state index contributed by atoms with van der Waals surface area (Å²) in [6.45, 7) is 0.0677.